The largest absolute Gasteiger partial charge is 0.508 e. The standard InChI is InChI=1S/C15H15ClO/c1-10-3-4-12(7-11(10)2)8-13-9-14(16)5-6-15(13)17/h3-7,9,17H,8H2,1-2H3. The molecule has 0 radical (unpaired) electrons. The highest BCUT2D eigenvalue weighted by Gasteiger charge is 2.04. The first-order chi connectivity index (χ1) is 8.06. The zero-order chi connectivity index (χ0) is 12.4. The van der Waals surface area contributed by atoms with Crippen LogP contribution in [-0.2, 0) is 6.42 Å². The molecule has 0 saturated heterocycles. The third kappa shape index (κ3) is 2.80. The van der Waals surface area contributed by atoms with E-state index in [-0.39, 0.29) is 0 Å². The van der Waals surface area contributed by atoms with E-state index in [9.17, 15) is 5.11 Å². The summed E-state index contributed by atoms with van der Waals surface area (Å²) in [6.45, 7) is 4.19. The van der Waals surface area contributed by atoms with Crippen molar-refractivity contribution >= 4 is 11.6 Å². The van der Waals surface area contributed by atoms with Crippen LogP contribution in [0.5, 0.6) is 5.75 Å². The molecule has 0 amide bonds. The third-order valence-corrected chi connectivity index (χ3v) is 3.24. The fraction of sp³-hybridized carbons (Fsp3) is 0.200. The maximum absolute atomic E-state index is 9.76. The molecule has 0 atom stereocenters. The lowest BCUT2D eigenvalue weighted by Crippen LogP contribution is -1.91. The maximum Gasteiger partial charge on any atom is 0.119 e. The normalized spacial score (nSPS) is 10.5. The average molecular weight is 247 g/mol. The number of hydrogen-bond acceptors (Lipinski definition) is 1. The summed E-state index contributed by atoms with van der Waals surface area (Å²) >= 11 is 5.93. The Morgan fingerprint density at radius 1 is 1.00 bits per heavy atom. The fourth-order valence-corrected chi connectivity index (χ4v) is 2.02. The van der Waals surface area contributed by atoms with Crippen molar-refractivity contribution < 1.29 is 5.11 Å². The van der Waals surface area contributed by atoms with Gasteiger partial charge in [0.25, 0.3) is 0 Å². The van der Waals surface area contributed by atoms with Crippen LogP contribution in [0.25, 0.3) is 0 Å². The molecule has 0 heterocycles. The Balaban J connectivity index is 2.31. The number of phenols is 1. The van der Waals surface area contributed by atoms with E-state index in [0.29, 0.717) is 17.2 Å². The van der Waals surface area contributed by atoms with Crippen LogP contribution in [0.2, 0.25) is 5.02 Å². The molecule has 0 unspecified atom stereocenters. The monoisotopic (exact) mass is 246 g/mol. The summed E-state index contributed by atoms with van der Waals surface area (Å²) < 4.78 is 0. The van der Waals surface area contributed by atoms with E-state index >= 15 is 0 Å². The lowest BCUT2D eigenvalue weighted by Gasteiger charge is -2.07. The summed E-state index contributed by atoms with van der Waals surface area (Å²) in [4.78, 5) is 0. The van der Waals surface area contributed by atoms with Crippen LogP contribution in [0.4, 0.5) is 0 Å². The number of rotatable bonds is 2. The summed E-state index contributed by atoms with van der Waals surface area (Å²) in [6.07, 6.45) is 0.702. The van der Waals surface area contributed by atoms with E-state index in [1.54, 1.807) is 12.1 Å². The molecule has 1 nitrogen and oxygen atoms in total. The van der Waals surface area contributed by atoms with E-state index in [0.717, 1.165) is 5.56 Å². The first-order valence-electron chi connectivity index (χ1n) is 5.60. The summed E-state index contributed by atoms with van der Waals surface area (Å²) in [5.41, 5.74) is 4.60. The van der Waals surface area contributed by atoms with E-state index in [4.69, 9.17) is 11.6 Å². The average Bonchev–Trinajstić information content (AvgIpc) is 2.29. The minimum absolute atomic E-state index is 0.299. The number of hydrogen-bond donors (Lipinski definition) is 1. The van der Waals surface area contributed by atoms with Gasteiger partial charge in [0, 0.05) is 11.4 Å². The van der Waals surface area contributed by atoms with E-state index in [1.165, 1.54) is 16.7 Å². The van der Waals surface area contributed by atoms with Crippen LogP contribution < -0.4 is 0 Å². The Kier molecular flexibility index (Phi) is 3.39. The lowest BCUT2D eigenvalue weighted by atomic mass is 10.00. The molecule has 2 aromatic rings. The molecule has 2 aromatic carbocycles. The fourth-order valence-electron chi connectivity index (χ4n) is 1.83. The van der Waals surface area contributed by atoms with Crippen LogP contribution in [0, 0.1) is 13.8 Å². The predicted molar refractivity (Wildman–Crippen MR) is 71.8 cm³/mol. The molecule has 0 aliphatic rings. The molecule has 17 heavy (non-hydrogen) atoms. The van der Waals surface area contributed by atoms with E-state index in [1.807, 2.05) is 6.07 Å². The van der Waals surface area contributed by atoms with E-state index in [2.05, 4.69) is 32.0 Å². The quantitative estimate of drug-likeness (QED) is 0.840. The molecule has 88 valence electrons. The van der Waals surface area contributed by atoms with Gasteiger partial charge in [0.15, 0.2) is 0 Å². The number of aryl methyl sites for hydroxylation is 2. The zero-order valence-electron chi connectivity index (χ0n) is 10.00. The Morgan fingerprint density at radius 3 is 2.47 bits per heavy atom. The van der Waals surface area contributed by atoms with Crippen LogP contribution in [0.15, 0.2) is 36.4 Å². The van der Waals surface area contributed by atoms with Gasteiger partial charge in [0.2, 0.25) is 0 Å². The van der Waals surface area contributed by atoms with Gasteiger partial charge >= 0.3 is 0 Å². The van der Waals surface area contributed by atoms with Crippen molar-refractivity contribution in [1.82, 2.24) is 0 Å². The number of halogens is 1. The predicted octanol–water partition coefficient (Wildman–Crippen LogP) is 4.25. The molecule has 2 heteroatoms. The van der Waals surface area contributed by atoms with Gasteiger partial charge < -0.3 is 5.11 Å². The maximum atomic E-state index is 9.76. The van der Waals surface area contributed by atoms with Gasteiger partial charge in [-0.2, -0.15) is 0 Å². The van der Waals surface area contributed by atoms with Gasteiger partial charge in [-0.05, 0) is 54.3 Å². The summed E-state index contributed by atoms with van der Waals surface area (Å²) in [6, 6.07) is 11.5. The first-order valence-corrected chi connectivity index (χ1v) is 5.97. The molecular weight excluding hydrogens is 232 g/mol. The van der Waals surface area contributed by atoms with Crippen LogP contribution in [-0.4, -0.2) is 5.11 Å². The van der Waals surface area contributed by atoms with Crippen molar-refractivity contribution in [1.29, 1.82) is 0 Å². The van der Waals surface area contributed by atoms with Crippen molar-refractivity contribution in [2.45, 2.75) is 20.3 Å². The summed E-state index contributed by atoms with van der Waals surface area (Å²) in [5, 5.41) is 10.4. The summed E-state index contributed by atoms with van der Waals surface area (Å²) in [7, 11) is 0. The number of phenolic OH excluding ortho intramolecular Hbond substituents is 1. The molecule has 0 bridgehead atoms. The highest BCUT2D eigenvalue weighted by atomic mass is 35.5. The van der Waals surface area contributed by atoms with Crippen molar-refractivity contribution in [2.24, 2.45) is 0 Å². The Bertz CT molecular complexity index is 547. The molecular formula is C15H15ClO. The van der Waals surface area contributed by atoms with Crippen LogP contribution in [0.1, 0.15) is 22.3 Å². The van der Waals surface area contributed by atoms with Crippen molar-refractivity contribution in [2.75, 3.05) is 0 Å². The topological polar surface area (TPSA) is 20.2 Å². The SMILES string of the molecule is Cc1ccc(Cc2cc(Cl)ccc2O)cc1C. The first kappa shape index (κ1) is 12.0. The Labute approximate surface area is 107 Å². The van der Waals surface area contributed by atoms with Crippen LogP contribution in [0.3, 0.4) is 0 Å². The molecule has 2 rings (SSSR count). The number of aromatic hydroxyl groups is 1. The summed E-state index contributed by atoms with van der Waals surface area (Å²) in [5.74, 6) is 0.299. The second-order valence-corrected chi connectivity index (χ2v) is 4.80. The Morgan fingerprint density at radius 2 is 1.76 bits per heavy atom. The highest BCUT2D eigenvalue weighted by Crippen LogP contribution is 2.24. The van der Waals surface area contributed by atoms with Crippen molar-refractivity contribution in [3.63, 3.8) is 0 Å². The lowest BCUT2D eigenvalue weighted by molar-refractivity contribution is 0.469. The number of benzene rings is 2. The molecule has 0 fully saturated rings. The second kappa shape index (κ2) is 4.80. The molecule has 0 aromatic heterocycles. The molecule has 0 saturated carbocycles. The van der Waals surface area contributed by atoms with Gasteiger partial charge in [-0.15, -0.1) is 0 Å². The van der Waals surface area contributed by atoms with Crippen molar-refractivity contribution in [3.05, 3.63) is 63.7 Å². The third-order valence-electron chi connectivity index (χ3n) is 3.01. The minimum atomic E-state index is 0.299. The van der Waals surface area contributed by atoms with Crippen LogP contribution >= 0.6 is 11.6 Å². The molecule has 0 spiro atoms. The van der Waals surface area contributed by atoms with Gasteiger partial charge in [-0.1, -0.05) is 29.8 Å². The van der Waals surface area contributed by atoms with E-state index < -0.39 is 0 Å². The zero-order valence-corrected chi connectivity index (χ0v) is 10.8. The van der Waals surface area contributed by atoms with Gasteiger partial charge in [-0.3, -0.25) is 0 Å². The molecule has 0 aliphatic heterocycles. The minimum Gasteiger partial charge on any atom is -0.508 e. The smallest absolute Gasteiger partial charge is 0.119 e. The van der Waals surface area contributed by atoms with Gasteiger partial charge in [0.05, 0.1) is 0 Å². The highest BCUT2D eigenvalue weighted by molar-refractivity contribution is 6.30. The molecule has 1 N–H and O–H groups in total. The van der Waals surface area contributed by atoms with Crippen molar-refractivity contribution in [3.8, 4) is 5.75 Å². The Hall–Kier alpha value is -1.47. The molecule has 0 aliphatic carbocycles. The van der Waals surface area contributed by atoms with Gasteiger partial charge in [-0.25, -0.2) is 0 Å². The van der Waals surface area contributed by atoms with Gasteiger partial charge in [0.1, 0.15) is 5.75 Å². The second-order valence-electron chi connectivity index (χ2n) is 4.37.